The average molecular weight is 420 g/mol. The Labute approximate surface area is 171 Å². The fourth-order valence-corrected chi connectivity index (χ4v) is 2.41. The van der Waals surface area contributed by atoms with Crippen LogP contribution in [0.1, 0.15) is 18.4 Å². The third-order valence-electron chi connectivity index (χ3n) is 3.76. The maximum Gasteiger partial charge on any atom is 0.306 e. The highest BCUT2D eigenvalue weighted by atomic mass is 35.5. The Morgan fingerprint density at radius 2 is 1.72 bits per heavy atom. The number of hydrogen-bond acceptors (Lipinski definition) is 6. The standard InChI is InChI=1S/C19H18ClN3O6/c1-12-2-3-13(20)10-16(12)22-18(25)11-29-19(26)9-8-17(24)21-14-4-6-15(7-5-14)23(27)28/h2-7,10H,8-9,11H2,1H3,(H,21,24)(H,22,25). The third-order valence-corrected chi connectivity index (χ3v) is 3.99. The number of nitrogens with zero attached hydrogens (tertiary/aromatic N) is 1. The fourth-order valence-electron chi connectivity index (χ4n) is 2.24. The van der Waals surface area contributed by atoms with Crippen LogP contribution in [0.2, 0.25) is 5.02 Å². The van der Waals surface area contributed by atoms with Gasteiger partial charge in [-0.15, -0.1) is 0 Å². The van der Waals surface area contributed by atoms with E-state index in [4.69, 9.17) is 16.3 Å². The monoisotopic (exact) mass is 419 g/mol. The molecular weight excluding hydrogens is 402 g/mol. The van der Waals surface area contributed by atoms with Crippen molar-refractivity contribution in [1.29, 1.82) is 0 Å². The normalized spacial score (nSPS) is 10.1. The summed E-state index contributed by atoms with van der Waals surface area (Å²) >= 11 is 5.87. The number of rotatable bonds is 8. The summed E-state index contributed by atoms with van der Waals surface area (Å²) < 4.78 is 4.85. The number of carbonyl (C=O) groups excluding carboxylic acids is 3. The summed E-state index contributed by atoms with van der Waals surface area (Å²) in [6.45, 7) is 1.30. The first-order valence-corrected chi connectivity index (χ1v) is 8.88. The first-order valence-electron chi connectivity index (χ1n) is 8.50. The molecule has 0 heterocycles. The van der Waals surface area contributed by atoms with Gasteiger partial charge in [-0.2, -0.15) is 0 Å². The van der Waals surface area contributed by atoms with Gasteiger partial charge < -0.3 is 15.4 Å². The summed E-state index contributed by atoms with van der Waals surface area (Å²) in [5.41, 5.74) is 1.58. The Morgan fingerprint density at radius 1 is 1.03 bits per heavy atom. The van der Waals surface area contributed by atoms with Crippen molar-refractivity contribution < 1.29 is 24.0 Å². The molecule has 29 heavy (non-hydrogen) atoms. The number of anilines is 2. The minimum atomic E-state index is -0.707. The van der Waals surface area contributed by atoms with E-state index in [-0.39, 0.29) is 18.5 Å². The van der Waals surface area contributed by atoms with Crippen molar-refractivity contribution in [3.05, 3.63) is 63.2 Å². The molecule has 0 bridgehead atoms. The summed E-state index contributed by atoms with van der Waals surface area (Å²) in [6.07, 6.45) is -0.382. The molecule has 2 aromatic carbocycles. The van der Waals surface area contributed by atoms with Crippen LogP contribution in [0, 0.1) is 17.0 Å². The van der Waals surface area contributed by atoms with Crippen molar-refractivity contribution in [3.8, 4) is 0 Å². The molecule has 0 saturated carbocycles. The molecule has 2 rings (SSSR count). The first kappa shape index (κ1) is 21.8. The molecule has 152 valence electrons. The van der Waals surface area contributed by atoms with Gasteiger partial charge in [0.1, 0.15) is 0 Å². The molecule has 2 N–H and O–H groups in total. The highest BCUT2D eigenvalue weighted by molar-refractivity contribution is 6.31. The van der Waals surface area contributed by atoms with Gasteiger partial charge in [-0.05, 0) is 36.8 Å². The number of nitro groups is 1. The largest absolute Gasteiger partial charge is 0.456 e. The predicted octanol–water partition coefficient (Wildman–Crippen LogP) is 3.46. The van der Waals surface area contributed by atoms with Crippen LogP contribution in [0.4, 0.5) is 17.1 Å². The van der Waals surface area contributed by atoms with Crippen molar-refractivity contribution in [3.63, 3.8) is 0 Å². The van der Waals surface area contributed by atoms with E-state index in [0.29, 0.717) is 16.4 Å². The van der Waals surface area contributed by atoms with E-state index in [1.165, 1.54) is 24.3 Å². The van der Waals surface area contributed by atoms with E-state index in [0.717, 1.165) is 5.56 Å². The number of benzene rings is 2. The minimum absolute atomic E-state index is 0.0992. The molecule has 0 unspecified atom stereocenters. The van der Waals surface area contributed by atoms with E-state index in [1.54, 1.807) is 25.1 Å². The molecule has 9 nitrogen and oxygen atoms in total. The molecule has 2 aromatic rings. The van der Waals surface area contributed by atoms with Gasteiger partial charge in [0.2, 0.25) is 5.91 Å². The van der Waals surface area contributed by atoms with E-state index >= 15 is 0 Å². The van der Waals surface area contributed by atoms with Gasteiger partial charge in [-0.25, -0.2) is 0 Å². The van der Waals surface area contributed by atoms with Gasteiger partial charge in [0.15, 0.2) is 6.61 Å². The Balaban J connectivity index is 1.72. The molecule has 0 saturated heterocycles. The topological polar surface area (TPSA) is 128 Å². The molecule has 0 atom stereocenters. The summed E-state index contributed by atoms with van der Waals surface area (Å²) in [4.78, 5) is 45.5. The maximum absolute atomic E-state index is 11.9. The number of nitrogens with one attached hydrogen (secondary N) is 2. The average Bonchev–Trinajstić information content (AvgIpc) is 2.68. The van der Waals surface area contributed by atoms with E-state index < -0.39 is 29.3 Å². The van der Waals surface area contributed by atoms with Crippen LogP contribution in [0.25, 0.3) is 0 Å². The molecule has 0 aliphatic heterocycles. The highest BCUT2D eigenvalue weighted by Crippen LogP contribution is 2.20. The van der Waals surface area contributed by atoms with Crippen LogP contribution in [0.5, 0.6) is 0 Å². The molecule has 10 heteroatoms. The number of non-ortho nitro benzene ring substituents is 1. The first-order chi connectivity index (χ1) is 13.7. The second-order valence-corrected chi connectivity index (χ2v) is 6.46. The lowest BCUT2D eigenvalue weighted by molar-refractivity contribution is -0.384. The Kier molecular flexibility index (Phi) is 7.67. The number of aryl methyl sites for hydroxylation is 1. The lowest BCUT2D eigenvalue weighted by Gasteiger charge is -2.09. The van der Waals surface area contributed by atoms with Gasteiger partial charge in [0, 0.05) is 35.0 Å². The molecule has 0 aliphatic rings. The van der Waals surface area contributed by atoms with Crippen molar-refractivity contribution in [1.82, 2.24) is 0 Å². The summed E-state index contributed by atoms with van der Waals surface area (Å²) in [6, 6.07) is 10.3. The van der Waals surface area contributed by atoms with Crippen molar-refractivity contribution >= 4 is 46.4 Å². The quantitative estimate of drug-likeness (QED) is 0.383. The molecular formula is C19H18ClN3O6. The second kappa shape index (κ2) is 10.2. The van der Waals surface area contributed by atoms with Crippen LogP contribution >= 0.6 is 11.6 Å². The van der Waals surface area contributed by atoms with Crippen molar-refractivity contribution in [2.45, 2.75) is 19.8 Å². The molecule has 0 spiro atoms. The van der Waals surface area contributed by atoms with Gasteiger partial charge in [0.05, 0.1) is 11.3 Å². The molecule has 0 radical (unpaired) electrons. The SMILES string of the molecule is Cc1ccc(Cl)cc1NC(=O)COC(=O)CCC(=O)Nc1ccc([N+](=O)[O-])cc1. The lowest BCUT2D eigenvalue weighted by Crippen LogP contribution is -2.22. The van der Waals surface area contributed by atoms with E-state index in [2.05, 4.69) is 10.6 Å². The van der Waals surface area contributed by atoms with Gasteiger partial charge in [0.25, 0.3) is 11.6 Å². The van der Waals surface area contributed by atoms with Crippen molar-refractivity contribution in [2.75, 3.05) is 17.2 Å². The maximum atomic E-state index is 11.9. The van der Waals surface area contributed by atoms with Gasteiger partial charge in [-0.1, -0.05) is 17.7 Å². The van der Waals surface area contributed by atoms with Crippen LogP contribution in [-0.4, -0.2) is 29.3 Å². The number of hydrogen-bond donors (Lipinski definition) is 2. The highest BCUT2D eigenvalue weighted by Gasteiger charge is 2.12. The van der Waals surface area contributed by atoms with Crippen molar-refractivity contribution in [2.24, 2.45) is 0 Å². The molecule has 0 aromatic heterocycles. The fraction of sp³-hybridized carbons (Fsp3) is 0.211. The summed E-state index contributed by atoms with van der Waals surface area (Å²) in [5.74, 6) is -1.70. The van der Waals surface area contributed by atoms with E-state index in [1.807, 2.05) is 0 Å². The predicted molar refractivity (Wildman–Crippen MR) is 107 cm³/mol. The second-order valence-electron chi connectivity index (χ2n) is 6.02. The lowest BCUT2D eigenvalue weighted by atomic mass is 10.2. The zero-order valence-electron chi connectivity index (χ0n) is 15.4. The van der Waals surface area contributed by atoms with Crippen LogP contribution in [-0.2, 0) is 19.1 Å². The Morgan fingerprint density at radius 3 is 2.38 bits per heavy atom. The number of ether oxygens (including phenoxy) is 1. The minimum Gasteiger partial charge on any atom is -0.456 e. The zero-order valence-corrected chi connectivity index (χ0v) is 16.2. The summed E-state index contributed by atoms with van der Waals surface area (Å²) in [5, 5.41) is 16.1. The van der Waals surface area contributed by atoms with Gasteiger partial charge in [-0.3, -0.25) is 24.5 Å². The third kappa shape index (κ3) is 7.23. The van der Waals surface area contributed by atoms with E-state index in [9.17, 15) is 24.5 Å². The summed E-state index contributed by atoms with van der Waals surface area (Å²) in [7, 11) is 0. The van der Waals surface area contributed by atoms with Crippen LogP contribution in [0.15, 0.2) is 42.5 Å². The number of carbonyl (C=O) groups is 3. The molecule has 0 aliphatic carbocycles. The molecule has 2 amide bonds. The zero-order chi connectivity index (χ0) is 21.4. The number of amides is 2. The molecule has 0 fully saturated rings. The van der Waals surface area contributed by atoms with Gasteiger partial charge >= 0.3 is 5.97 Å². The number of halogens is 1. The van der Waals surface area contributed by atoms with Crippen LogP contribution in [0.3, 0.4) is 0 Å². The van der Waals surface area contributed by atoms with Crippen LogP contribution < -0.4 is 10.6 Å². The number of nitro benzene ring substituents is 1. The Hall–Kier alpha value is -3.46. The number of esters is 1. The Bertz CT molecular complexity index is 930. The smallest absolute Gasteiger partial charge is 0.306 e.